The number of esters is 1. The highest BCUT2D eigenvalue weighted by Gasteiger charge is 2.54. The maximum absolute atomic E-state index is 13.6. The van der Waals surface area contributed by atoms with Gasteiger partial charge in [0.2, 0.25) is 60.1 Å². The highest BCUT2D eigenvalue weighted by Crippen LogP contribution is 2.39. The van der Waals surface area contributed by atoms with Gasteiger partial charge in [-0.3, -0.25) is 10.0 Å². The third-order valence-corrected chi connectivity index (χ3v) is 26.3. The molecule has 2 heterocycles. The van der Waals surface area contributed by atoms with Crippen LogP contribution in [-0.4, -0.2) is 199 Å². The lowest BCUT2D eigenvalue weighted by atomic mass is 9.91. The standard InChI is InChI=1S/C22H28N2O8S2.C21H27N3O8S2.C19H26N2O6S2.C5H14N2/c1-22(2)14-23(33(26,27)18-10-6-16(30-3)7-11-18)20(21(25)32-5)24(15-22)34(28,29)19-12-8-17(31-4)9-13-19;1-21(2)13-23(33(27,28)17-9-5-15(31-3)6-10-17)20(19(25)22-26)24(14-21)34(29,30)18-11-7-16(32-4)8-12-18;1-19(2,13-20-28(22,23)17-9-5-15(26-3)6-10-17)14-21-29(24,25)18-11-7-16(27-4)8-12-18;1-5(2,3-6)4-7/h6-13,20H,14-15H2,1-5H3;5-12,20,26H,13-14H2,1-4H3,(H,22,25);5-12,20-21H,13-14H2,1-4H3;3-4,6-7H2,1-2H3. The van der Waals surface area contributed by atoms with Gasteiger partial charge in [-0.1, -0.05) is 55.4 Å². The van der Waals surface area contributed by atoms with Crippen LogP contribution in [0.3, 0.4) is 0 Å². The van der Waals surface area contributed by atoms with Gasteiger partial charge in [-0.25, -0.2) is 70.2 Å². The number of benzene rings is 6. The van der Waals surface area contributed by atoms with Gasteiger partial charge in [0.1, 0.15) is 34.5 Å². The van der Waals surface area contributed by atoms with Crippen LogP contribution in [0.15, 0.2) is 175 Å². The molecule has 6 aromatic carbocycles. The van der Waals surface area contributed by atoms with E-state index in [1.807, 2.05) is 13.8 Å². The van der Waals surface area contributed by atoms with Crippen LogP contribution in [0.5, 0.6) is 34.5 Å². The summed E-state index contributed by atoms with van der Waals surface area (Å²) >= 11 is 0. The van der Waals surface area contributed by atoms with Crippen LogP contribution in [0.25, 0.3) is 0 Å². The SMILES string of the molecule is CC(C)(CN)CN.COC(=O)C1N(S(=O)(=O)c2ccc(OC)cc2)CC(C)(C)CN1S(=O)(=O)c1ccc(OC)cc1.COc1ccc(S(=O)(=O)N2CC(C)(C)CN(S(=O)(=O)c3ccc(OC)cc3)C2C(=O)NO)cc1.COc1ccc(S(=O)(=O)NCC(C)(C)CNS(=O)(=O)c2ccc(OC)cc2)cc1. The summed E-state index contributed by atoms with van der Waals surface area (Å²) in [5.74, 6) is 0.638. The summed E-state index contributed by atoms with van der Waals surface area (Å²) in [5, 5.41) is 9.39. The average molecular weight is 1570 g/mol. The minimum absolute atomic E-state index is 0.0481. The first-order valence-corrected chi connectivity index (χ1v) is 40.4. The molecular formula is C67H95N9O22S6. The summed E-state index contributed by atoms with van der Waals surface area (Å²) in [7, 11) is -15.0. The zero-order valence-corrected chi connectivity index (χ0v) is 65.5. The highest BCUT2D eigenvalue weighted by molar-refractivity contribution is 7.91. The van der Waals surface area contributed by atoms with Gasteiger partial charge in [-0.05, 0) is 180 Å². The van der Waals surface area contributed by atoms with Crippen LogP contribution < -0.4 is 54.8 Å². The Bertz CT molecular complexity index is 4090. The molecule has 2 fully saturated rings. The summed E-state index contributed by atoms with van der Waals surface area (Å²) in [6, 6.07) is 34.2. The Labute approximate surface area is 611 Å². The lowest BCUT2D eigenvalue weighted by Gasteiger charge is -2.47. The second-order valence-corrected chi connectivity index (χ2v) is 37.8. The van der Waals surface area contributed by atoms with Gasteiger partial charge >= 0.3 is 5.97 Å². The quantitative estimate of drug-likeness (QED) is 0.0234. The fourth-order valence-corrected chi connectivity index (χ4v) is 19.4. The second-order valence-electron chi connectivity index (χ2n) is 26.7. The van der Waals surface area contributed by atoms with Crippen molar-refractivity contribution in [3.63, 3.8) is 0 Å². The third-order valence-electron chi connectivity index (χ3n) is 16.2. The molecule has 0 aliphatic carbocycles. The van der Waals surface area contributed by atoms with Crippen LogP contribution in [0.4, 0.5) is 0 Å². The molecule has 2 aliphatic heterocycles. The van der Waals surface area contributed by atoms with E-state index in [0.717, 1.165) is 24.3 Å². The second kappa shape index (κ2) is 35.7. The van der Waals surface area contributed by atoms with Crippen molar-refractivity contribution < 1.29 is 98.5 Å². The molecule has 0 unspecified atom stereocenters. The zero-order chi connectivity index (χ0) is 78.2. The van der Waals surface area contributed by atoms with E-state index < -0.39 is 101 Å². The van der Waals surface area contributed by atoms with Crippen LogP contribution in [0.1, 0.15) is 55.4 Å². The number of rotatable bonds is 26. The smallest absolute Gasteiger partial charge is 0.340 e. The van der Waals surface area contributed by atoms with Crippen molar-refractivity contribution in [2.75, 3.05) is 102 Å². The van der Waals surface area contributed by atoms with E-state index in [1.54, 1.807) is 65.8 Å². The van der Waals surface area contributed by atoms with Gasteiger partial charge in [0.15, 0.2) is 12.3 Å². The van der Waals surface area contributed by atoms with Crippen molar-refractivity contribution in [2.45, 2.75) is 97.1 Å². The molecule has 0 spiro atoms. The van der Waals surface area contributed by atoms with E-state index in [1.165, 1.54) is 169 Å². The molecule has 8 N–H and O–H groups in total. The normalized spacial score (nSPS) is 15.9. The molecule has 576 valence electrons. The molecule has 37 heteroatoms. The number of hydroxylamine groups is 1. The molecule has 6 aromatic rings. The molecule has 2 aliphatic rings. The predicted molar refractivity (Wildman–Crippen MR) is 387 cm³/mol. The fourth-order valence-electron chi connectivity index (χ4n) is 9.88. The third kappa shape index (κ3) is 22.2. The van der Waals surface area contributed by atoms with Crippen molar-refractivity contribution in [3.8, 4) is 34.5 Å². The van der Waals surface area contributed by atoms with E-state index in [2.05, 4.69) is 9.44 Å². The molecule has 0 saturated carbocycles. The maximum Gasteiger partial charge on any atom is 0.340 e. The Morgan fingerprint density at radius 3 is 0.788 bits per heavy atom. The monoisotopic (exact) mass is 1570 g/mol. The van der Waals surface area contributed by atoms with Crippen LogP contribution >= 0.6 is 0 Å². The Hall–Kier alpha value is -7.60. The Kier molecular flexibility index (Phi) is 29.8. The number of sulfonamides is 6. The summed E-state index contributed by atoms with van der Waals surface area (Å²) in [6.07, 6.45) is -3.59. The summed E-state index contributed by atoms with van der Waals surface area (Å²) in [4.78, 5) is 25.3. The number of ether oxygens (including phenoxy) is 7. The molecule has 0 aromatic heterocycles. The number of amides is 1. The fraction of sp³-hybridized carbons (Fsp3) is 0.433. The first kappa shape index (κ1) is 87.0. The number of nitrogens with one attached hydrogen (secondary N) is 3. The van der Waals surface area contributed by atoms with Gasteiger partial charge in [0.25, 0.3) is 5.91 Å². The van der Waals surface area contributed by atoms with Crippen LogP contribution in [-0.2, 0) is 74.5 Å². The molecule has 0 atom stereocenters. The first-order chi connectivity index (χ1) is 48.3. The molecule has 0 bridgehead atoms. The Morgan fingerprint density at radius 1 is 0.394 bits per heavy atom. The number of carbonyl (C=O) groups is 2. The van der Waals surface area contributed by atoms with Gasteiger partial charge < -0.3 is 44.6 Å². The molecular weight excluding hydrogens is 1480 g/mol. The van der Waals surface area contributed by atoms with Gasteiger partial charge in [0.05, 0.1) is 79.1 Å². The predicted octanol–water partition coefficient (Wildman–Crippen LogP) is 5.10. The van der Waals surface area contributed by atoms with Crippen molar-refractivity contribution in [2.24, 2.45) is 33.1 Å². The molecule has 1 amide bonds. The van der Waals surface area contributed by atoms with Crippen LogP contribution in [0, 0.1) is 21.7 Å². The van der Waals surface area contributed by atoms with Gasteiger partial charge in [-0.15, -0.1) is 0 Å². The number of hydrogen-bond acceptors (Lipinski definition) is 24. The summed E-state index contributed by atoms with van der Waals surface area (Å²) in [5.41, 5.74) is 9.87. The topological polar surface area (TPSA) is 425 Å². The summed E-state index contributed by atoms with van der Waals surface area (Å²) in [6.45, 7) is 15.3. The lowest BCUT2D eigenvalue weighted by Crippen LogP contribution is -2.67. The molecule has 104 heavy (non-hydrogen) atoms. The number of nitrogens with two attached hydrogens (primary N) is 2. The minimum Gasteiger partial charge on any atom is -0.497 e. The molecule has 8 rings (SSSR count). The highest BCUT2D eigenvalue weighted by atomic mass is 32.2. The number of hydrogen-bond donors (Lipinski definition) is 6. The van der Waals surface area contributed by atoms with Crippen molar-refractivity contribution >= 4 is 72.0 Å². The number of carbonyl (C=O) groups excluding carboxylic acids is 2. The Balaban J connectivity index is 0.000000268. The molecule has 0 radical (unpaired) electrons. The first-order valence-electron chi connectivity index (χ1n) is 31.7. The summed E-state index contributed by atoms with van der Waals surface area (Å²) < 4.78 is 202. The lowest BCUT2D eigenvalue weighted by molar-refractivity contribution is -0.152. The zero-order valence-electron chi connectivity index (χ0n) is 60.6. The van der Waals surface area contributed by atoms with E-state index >= 15 is 0 Å². The van der Waals surface area contributed by atoms with Gasteiger partial charge in [0, 0.05) is 39.3 Å². The minimum atomic E-state index is -4.37. The maximum atomic E-state index is 13.6. The van der Waals surface area contributed by atoms with Gasteiger partial charge in [-0.2, -0.15) is 17.2 Å². The molecule has 2 saturated heterocycles. The molecule has 31 nitrogen and oxygen atoms in total. The van der Waals surface area contributed by atoms with E-state index in [4.69, 9.17) is 44.6 Å². The van der Waals surface area contributed by atoms with Crippen molar-refractivity contribution in [1.82, 2.24) is 32.1 Å². The van der Waals surface area contributed by atoms with Crippen molar-refractivity contribution in [1.29, 1.82) is 0 Å². The van der Waals surface area contributed by atoms with E-state index in [0.29, 0.717) is 47.6 Å². The number of methoxy groups -OCH3 is 7. The number of nitrogens with zero attached hydrogens (tertiary/aromatic N) is 4. The van der Waals surface area contributed by atoms with Crippen LogP contribution in [0.2, 0.25) is 0 Å². The Morgan fingerprint density at radius 2 is 0.606 bits per heavy atom. The van der Waals surface area contributed by atoms with Crippen molar-refractivity contribution in [3.05, 3.63) is 146 Å². The van der Waals surface area contributed by atoms with E-state index in [9.17, 15) is 65.3 Å². The van der Waals surface area contributed by atoms with E-state index in [-0.39, 0.29) is 74.1 Å². The largest absolute Gasteiger partial charge is 0.497 e. The average Bonchev–Trinajstić information content (AvgIpc) is 0.740.